The molecule has 0 spiro atoms. The van der Waals surface area contributed by atoms with Gasteiger partial charge < -0.3 is 0 Å². The largest absolute Gasteiger partial charge is 0.257 e. The molecule has 1 N–H and O–H groups in total. The lowest BCUT2D eigenvalue weighted by Gasteiger charge is -2.00. The van der Waals surface area contributed by atoms with Crippen LogP contribution < -0.4 is 0 Å². The van der Waals surface area contributed by atoms with E-state index in [2.05, 4.69) is 4.98 Å². The summed E-state index contributed by atoms with van der Waals surface area (Å²) in [7, 11) is -2.88. The summed E-state index contributed by atoms with van der Waals surface area (Å²) in [5, 5.41) is 1.39. The van der Waals surface area contributed by atoms with Crippen LogP contribution in [0.15, 0.2) is 65.0 Å². The Hall–Kier alpha value is -1.94. The van der Waals surface area contributed by atoms with Gasteiger partial charge in [0.25, 0.3) is 0 Å². The summed E-state index contributed by atoms with van der Waals surface area (Å²) in [5.74, 6) is 0. The second kappa shape index (κ2) is 4.93. The van der Waals surface area contributed by atoms with Crippen LogP contribution in [-0.2, 0) is 9.73 Å². The monoisotopic (exact) mass is 244 g/mol. The van der Waals surface area contributed by atoms with Gasteiger partial charge in [-0.3, -0.25) is 4.98 Å². The quantitative estimate of drug-likeness (QED) is 0.901. The fourth-order valence-corrected chi connectivity index (χ4v) is 2.39. The highest BCUT2D eigenvalue weighted by Gasteiger charge is 2.04. The number of aromatic nitrogens is 1. The van der Waals surface area contributed by atoms with Crippen LogP contribution in [0.2, 0.25) is 0 Å². The van der Waals surface area contributed by atoms with Crippen LogP contribution in [0, 0.1) is 4.78 Å². The summed E-state index contributed by atoms with van der Waals surface area (Å²) in [6.45, 7) is 0. The first-order chi connectivity index (χ1) is 8.18. The minimum absolute atomic E-state index is 0.507. The summed E-state index contributed by atoms with van der Waals surface area (Å²) in [4.78, 5) is 4.59. The van der Waals surface area contributed by atoms with Gasteiger partial charge in [0.1, 0.15) is 0 Å². The zero-order valence-corrected chi connectivity index (χ0v) is 9.93. The molecule has 0 bridgehead atoms. The van der Waals surface area contributed by atoms with E-state index in [-0.39, 0.29) is 0 Å². The Morgan fingerprint density at radius 2 is 1.76 bits per heavy atom. The van der Waals surface area contributed by atoms with Gasteiger partial charge in [0.2, 0.25) is 0 Å². The zero-order chi connectivity index (χ0) is 12.1. The summed E-state index contributed by atoms with van der Waals surface area (Å²) in [6, 6.07) is 14.2. The highest BCUT2D eigenvalue weighted by Crippen LogP contribution is 2.13. The molecular formula is C13H12N2OS. The summed E-state index contributed by atoms with van der Waals surface area (Å²) in [5.41, 5.74) is 0.698. The lowest BCUT2D eigenvalue weighted by Crippen LogP contribution is -1.93. The minimum Gasteiger partial charge on any atom is -0.257 e. The third-order valence-electron chi connectivity index (χ3n) is 2.21. The zero-order valence-electron chi connectivity index (χ0n) is 9.11. The molecule has 1 atom stereocenters. The lowest BCUT2D eigenvalue weighted by molar-refractivity contribution is 0.681. The third-order valence-corrected chi connectivity index (χ3v) is 3.70. The maximum atomic E-state index is 12.1. The van der Waals surface area contributed by atoms with Crippen LogP contribution in [0.25, 0.3) is 6.08 Å². The van der Waals surface area contributed by atoms with Crippen molar-refractivity contribution < 1.29 is 4.21 Å². The van der Waals surface area contributed by atoms with Gasteiger partial charge in [-0.25, -0.2) is 8.99 Å². The van der Waals surface area contributed by atoms with Gasteiger partial charge >= 0.3 is 0 Å². The second-order valence-corrected chi connectivity index (χ2v) is 5.42. The Balaban J connectivity index is 2.28. The highest BCUT2D eigenvalue weighted by molar-refractivity contribution is 7.95. The van der Waals surface area contributed by atoms with Crippen molar-refractivity contribution in [3.8, 4) is 0 Å². The first-order valence-corrected chi connectivity index (χ1v) is 6.74. The van der Waals surface area contributed by atoms with Crippen LogP contribution in [0.4, 0.5) is 0 Å². The van der Waals surface area contributed by atoms with Crippen molar-refractivity contribution in [1.82, 2.24) is 4.98 Å². The van der Waals surface area contributed by atoms with Crippen molar-refractivity contribution in [2.24, 2.45) is 0 Å². The van der Waals surface area contributed by atoms with Crippen molar-refractivity contribution in [2.75, 3.05) is 0 Å². The average molecular weight is 244 g/mol. The molecule has 1 unspecified atom stereocenters. The predicted octanol–water partition coefficient (Wildman–Crippen LogP) is 3.16. The lowest BCUT2D eigenvalue weighted by atomic mass is 10.3. The van der Waals surface area contributed by atoms with Gasteiger partial charge in [0.15, 0.2) is 0 Å². The SMILES string of the molecule is N=S(=O)(/C=C/c1ccccn1)c1ccccc1. The first kappa shape index (κ1) is 11.5. The number of benzene rings is 1. The Morgan fingerprint density at radius 1 is 1.06 bits per heavy atom. The number of hydrogen-bond donors (Lipinski definition) is 1. The van der Waals surface area contributed by atoms with Crippen LogP contribution >= 0.6 is 0 Å². The molecule has 1 aromatic heterocycles. The van der Waals surface area contributed by atoms with Crippen molar-refractivity contribution in [3.05, 3.63) is 65.8 Å². The van der Waals surface area contributed by atoms with Crippen LogP contribution in [0.1, 0.15) is 5.69 Å². The van der Waals surface area contributed by atoms with Crippen LogP contribution in [-0.4, -0.2) is 9.19 Å². The molecular weight excluding hydrogens is 232 g/mol. The number of hydrogen-bond acceptors (Lipinski definition) is 3. The molecule has 0 aliphatic carbocycles. The van der Waals surface area contributed by atoms with Crippen molar-refractivity contribution in [3.63, 3.8) is 0 Å². The average Bonchev–Trinajstić information content (AvgIpc) is 2.39. The van der Waals surface area contributed by atoms with E-state index in [1.54, 1.807) is 42.6 Å². The van der Waals surface area contributed by atoms with Crippen molar-refractivity contribution in [1.29, 1.82) is 4.78 Å². The number of nitrogens with one attached hydrogen (secondary N) is 1. The molecule has 2 aromatic rings. The van der Waals surface area contributed by atoms with E-state index in [4.69, 9.17) is 4.78 Å². The standard InChI is InChI=1S/C13H12N2OS/c14-17(16,13-7-2-1-3-8-13)11-9-12-6-4-5-10-15-12/h1-11,14H/b11-9+. The van der Waals surface area contributed by atoms with Gasteiger partial charge in [0, 0.05) is 11.6 Å². The summed E-state index contributed by atoms with van der Waals surface area (Å²) < 4.78 is 19.9. The molecule has 86 valence electrons. The molecule has 3 nitrogen and oxygen atoms in total. The van der Waals surface area contributed by atoms with Gasteiger partial charge in [-0.15, -0.1) is 0 Å². The Labute approximate surface area is 101 Å². The van der Waals surface area contributed by atoms with E-state index in [0.29, 0.717) is 10.6 Å². The van der Waals surface area contributed by atoms with Gasteiger partial charge in [-0.1, -0.05) is 24.3 Å². The van der Waals surface area contributed by atoms with E-state index in [0.717, 1.165) is 0 Å². The Bertz CT molecular complexity index is 604. The second-order valence-electron chi connectivity index (χ2n) is 3.47. The van der Waals surface area contributed by atoms with E-state index in [1.807, 2.05) is 18.2 Å². The van der Waals surface area contributed by atoms with Gasteiger partial charge in [-0.05, 0) is 30.3 Å². The molecule has 4 heteroatoms. The van der Waals surface area contributed by atoms with E-state index in [1.165, 1.54) is 5.41 Å². The van der Waals surface area contributed by atoms with Gasteiger partial charge in [-0.2, -0.15) is 0 Å². The molecule has 2 rings (SSSR count). The molecule has 0 saturated heterocycles. The maximum absolute atomic E-state index is 12.1. The van der Waals surface area contributed by atoms with Crippen molar-refractivity contribution >= 4 is 15.8 Å². The number of rotatable bonds is 3. The predicted molar refractivity (Wildman–Crippen MR) is 68.8 cm³/mol. The maximum Gasteiger partial charge on any atom is 0.0943 e. The fourth-order valence-electron chi connectivity index (χ4n) is 1.34. The highest BCUT2D eigenvalue weighted by atomic mass is 32.2. The van der Waals surface area contributed by atoms with Crippen LogP contribution in [0.3, 0.4) is 0 Å². The minimum atomic E-state index is -2.88. The summed E-state index contributed by atoms with van der Waals surface area (Å²) in [6.07, 6.45) is 3.27. The molecule has 0 aliphatic heterocycles. The molecule has 0 amide bonds. The first-order valence-electron chi connectivity index (χ1n) is 5.11. The third kappa shape index (κ3) is 3.01. The topological polar surface area (TPSA) is 53.8 Å². The Kier molecular flexibility index (Phi) is 3.35. The molecule has 1 heterocycles. The normalized spacial score (nSPS) is 14.6. The van der Waals surface area contributed by atoms with E-state index >= 15 is 0 Å². The molecule has 0 fully saturated rings. The summed E-state index contributed by atoms with van der Waals surface area (Å²) >= 11 is 0. The smallest absolute Gasteiger partial charge is 0.0943 e. The van der Waals surface area contributed by atoms with E-state index in [9.17, 15) is 4.21 Å². The van der Waals surface area contributed by atoms with E-state index < -0.39 is 9.73 Å². The number of pyridine rings is 1. The fraction of sp³-hybridized carbons (Fsp3) is 0. The molecule has 0 saturated carbocycles. The van der Waals surface area contributed by atoms with Crippen LogP contribution in [0.5, 0.6) is 0 Å². The molecule has 0 radical (unpaired) electrons. The number of nitrogens with zero attached hydrogens (tertiary/aromatic N) is 1. The Morgan fingerprint density at radius 3 is 2.41 bits per heavy atom. The van der Waals surface area contributed by atoms with Gasteiger partial charge in [0.05, 0.1) is 20.3 Å². The molecule has 17 heavy (non-hydrogen) atoms. The molecule has 1 aromatic carbocycles. The van der Waals surface area contributed by atoms with Crippen molar-refractivity contribution in [2.45, 2.75) is 4.90 Å². The molecule has 0 aliphatic rings.